The van der Waals surface area contributed by atoms with E-state index in [1.54, 1.807) is 32.4 Å². The first-order valence-corrected chi connectivity index (χ1v) is 9.69. The van der Waals surface area contributed by atoms with Crippen LogP contribution >= 0.6 is 11.3 Å². The van der Waals surface area contributed by atoms with E-state index >= 15 is 0 Å². The summed E-state index contributed by atoms with van der Waals surface area (Å²) < 4.78 is 24.8. The third-order valence-corrected chi connectivity index (χ3v) is 5.50. The average Bonchev–Trinajstić information content (AvgIpc) is 3.07. The first-order valence-electron chi connectivity index (χ1n) is 8.88. The van der Waals surface area contributed by atoms with E-state index in [0.29, 0.717) is 47.4 Å². The Labute approximate surface area is 165 Å². The fourth-order valence-electron chi connectivity index (χ4n) is 3.08. The van der Waals surface area contributed by atoms with Crippen LogP contribution in [-0.4, -0.2) is 37.9 Å². The largest absolute Gasteiger partial charge is 0.497 e. The number of benzene rings is 2. The standard InChI is InChI=1S/C20H20N2O5S/c1-4-22-15-10-16-17(27-6-5-26-16)11-18(15)28-20(22)21-19(23)12-7-13(24-2)9-14(8-12)25-3/h7-11H,4-6H2,1-3H3. The van der Waals surface area contributed by atoms with Crippen molar-refractivity contribution in [3.63, 3.8) is 0 Å². The van der Waals surface area contributed by atoms with Crippen molar-refractivity contribution in [1.82, 2.24) is 4.57 Å². The molecule has 7 nitrogen and oxygen atoms in total. The van der Waals surface area contributed by atoms with Crippen LogP contribution in [0.25, 0.3) is 10.2 Å². The minimum absolute atomic E-state index is 0.358. The predicted octanol–water partition coefficient (Wildman–Crippen LogP) is 3.25. The van der Waals surface area contributed by atoms with Crippen LogP contribution in [0.5, 0.6) is 23.0 Å². The van der Waals surface area contributed by atoms with Crippen molar-refractivity contribution in [2.75, 3.05) is 27.4 Å². The van der Waals surface area contributed by atoms with Crippen LogP contribution in [-0.2, 0) is 6.54 Å². The van der Waals surface area contributed by atoms with Gasteiger partial charge in [0.2, 0.25) is 0 Å². The number of aromatic nitrogens is 1. The van der Waals surface area contributed by atoms with E-state index < -0.39 is 0 Å². The van der Waals surface area contributed by atoms with Gasteiger partial charge in [0.05, 0.1) is 24.4 Å². The van der Waals surface area contributed by atoms with Crippen LogP contribution in [0.15, 0.2) is 35.3 Å². The number of thiazole rings is 1. The lowest BCUT2D eigenvalue weighted by atomic mass is 10.2. The first kappa shape index (κ1) is 18.4. The van der Waals surface area contributed by atoms with Crippen LogP contribution < -0.4 is 23.7 Å². The molecule has 0 fully saturated rings. The molecule has 3 aromatic rings. The molecule has 4 rings (SSSR count). The average molecular weight is 400 g/mol. The Hall–Kier alpha value is -3.00. The summed E-state index contributed by atoms with van der Waals surface area (Å²) in [4.78, 5) is 17.8. The van der Waals surface area contributed by atoms with Gasteiger partial charge in [-0.05, 0) is 19.1 Å². The molecule has 28 heavy (non-hydrogen) atoms. The maximum Gasteiger partial charge on any atom is 0.279 e. The molecule has 1 aliphatic rings. The normalized spacial score (nSPS) is 13.6. The molecule has 0 spiro atoms. The van der Waals surface area contributed by atoms with E-state index in [9.17, 15) is 4.79 Å². The van der Waals surface area contributed by atoms with Gasteiger partial charge in [-0.3, -0.25) is 4.79 Å². The molecule has 0 saturated carbocycles. The molecule has 2 heterocycles. The minimum atomic E-state index is -0.358. The zero-order valence-corrected chi connectivity index (χ0v) is 16.7. The summed E-state index contributed by atoms with van der Waals surface area (Å²) in [5, 5.41) is 0. The van der Waals surface area contributed by atoms with Crippen molar-refractivity contribution in [2.45, 2.75) is 13.5 Å². The summed E-state index contributed by atoms with van der Waals surface area (Å²) >= 11 is 1.44. The van der Waals surface area contributed by atoms with Crippen LogP contribution in [0.2, 0.25) is 0 Å². The summed E-state index contributed by atoms with van der Waals surface area (Å²) in [6, 6.07) is 8.91. The molecule has 0 saturated heterocycles. The van der Waals surface area contributed by atoms with E-state index in [0.717, 1.165) is 16.0 Å². The maximum absolute atomic E-state index is 12.8. The van der Waals surface area contributed by atoms with E-state index in [-0.39, 0.29) is 5.91 Å². The van der Waals surface area contributed by atoms with E-state index in [2.05, 4.69) is 4.99 Å². The van der Waals surface area contributed by atoms with Crippen molar-refractivity contribution in [3.05, 3.63) is 40.7 Å². The molecule has 2 aromatic carbocycles. The number of methoxy groups -OCH3 is 2. The second kappa shape index (κ2) is 7.55. The number of fused-ring (bicyclic) bond motifs is 2. The highest BCUT2D eigenvalue weighted by atomic mass is 32.1. The molecular formula is C20H20N2O5S. The third-order valence-electron chi connectivity index (χ3n) is 4.46. The quantitative estimate of drug-likeness (QED) is 0.672. The number of nitrogens with zero attached hydrogens (tertiary/aromatic N) is 2. The summed E-state index contributed by atoms with van der Waals surface area (Å²) in [5.41, 5.74) is 1.37. The van der Waals surface area contributed by atoms with Crippen LogP contribution in [0.3, 0.4) is 0 Å². The van der Waals surface area contributed by atoms with Gasteiger partial charge >= 0.3 is 0 Å². The Morgan fingerprint density at radius 3 is 2.32 bits per heavy atom. The summed E-state index contributed by atoms with van der Waals surface area (Å²) in [7, 11) is 3.09. The summed E-state index contributed by atoms with van der Waals surface area (Å²) in [5.74, 6) is 2.16. The van der Waals surface area contributed by atoms with Gasteiger partial charge < -0.3 is 23.5 Å². The molecule has 0 bridgehead atoms. The van der Waals surface area contributed by atoms with Crippen molar-refractivity contribution in [3.8, 4) is 23.0 Å². The third kappa shape index (κ3) is 3.31. The van der Waals surface area contributed by atoms with Gasteiger partial charge in [-0.25, -0.2) is 0 Å². The van der Waals surface area contributed by atoms with Gasteiger partial charge in [-0.15, -0.1) is 0 Å². The highest BCUT2D eigenvalue weighted by Crippen LogP contribution is 2.35. The topological polar surface area (TPSA) is 71.3 Å². The monoisotopic (exact) mass is 400 g/mol. The SMILES string of the molecule is CCn1c(=NC(=O)c2cc(OC)cc(OC)c2)sc2cc3c(cc21)OCCO3. The Balaban J connectivity index is 1.81. The molecule has 0 unspecified atom stereocenters. The van der Waals surface area contributed by atoms with E-state index in [1.807, 2.05) is 23.6 Å². The number of carbonyl (C=O) groups excluding carboxylic acids is 1. The highest BCUT2D eigenvalue weighted by Gasteiger charge is 2.17. The van der Waals surface area contributed by atoms with Crippen LogP contribution in [0.1, 0.15) is 17.3 Å². The predicted molar refractivity (Wildman–Crippen MR) is 106 cm³/mol. The molecular weight excluding hydrogens is 380 g/mol. The van der Waals surface area contributed by atoms with Gasteiger partial charge in [-0.2, -0.15) is 4.99 Å². The second-order valence-corrected chi connectivity index (χ2v) is 7.12. The lowest BCUT2D eigenvalue weighted by Crippen LogP contribution is -2.17. The lowest BCUT2D eigenvalue weighted by Gasteiger charge is -2.18. The smallest absolute Gasteiger partial charge is 0.279 e. The molecule has 1 amide bonds. The van der Waals surface area contributed by atoms with Crippen molar-refractivity contribution in [1.29, 1.82) is 0 Å². The molecule has 0 aliphatic carbocycles. The Kier molecular flexibility index (Phi) is 4.95. The number of ether oxygens (including phenoxy) is 4. The van der Waals surface area contributed by atoms with Crippen molar-refractivity contribution < 1.29 is 23.7 Å². The minimum Gasteiger partial charge on any atom is -0.497 e. The van der Waals surface area contributed by atoms with Crippen molar-refractivity contribution >= 4 is 27.5 Å². The first-order chi connectivity index (χ1) is 13.6. The van der Waals surface area contributed by atoms with Gasteiger partial charge in [0.1, 0.15) is 24.7 Å². The van der Waals surface area contributed by atoms with Crippen LogP contribution in [0.4, 0.5) is 0 Å². The van der Waals surface area contributed by atoms with Gasteiger partial charge in [0.15, 0.2) is 16.3 Å². The zero-order chi connectivity index (χ0) is 19.7. The molecule has 0 N–H and O–H groups in total. The number of carbonyl (C=O) groups is 1. The number of amides is 1. The van der Waals surface area contributed by atoms with Gasteiger partial charge in [0.25, 0.3) is 5.91 Å². The van der Waals surface area contributed by atoms with E-state index in [1.165, 1.54) is 11.3 Å². The van der Waals surface area contributed by atoms with Crippen LogP contribution in [0, 0.1) is 0 Å². The highest BCUT2D eigenvalue weighted by molar-refractivity contribution is 7.16. The zero-order valence-electron chi connectivity index (χ0n) is 15.9. The molecule has 1 aliphatic heterocycles. The Bertz CT molecular complexity index is 1090. The number of rotatable bonds is 4. The fraction of sp³-hybridized carbons (Fsp3) is 0.300. The van der Waals surface area contributed by atoms with E-state index in [4.69, 9.17) is 18.9 Å². The molecule has 146 valence electrons. The molecule has 0 atom stereocenters. The summed E-state index contributed by atoms with van der Waals surface area (Å²) in [6.45, 7) is 3.75. The van der Waals surface area contributed by atoms with Gasteiger partial charge in [-0.1, -0.05) is 11.3 Å². The molecule has 1 aromatic heterocycles. The summed E-state index contributed by atoms with van der Waals surface area (Å²) in [6.07, 6.45) is 0. The lowest BCUT2D eigenvalue weighted by molar-refractivity contribution is 0.0997. The molecule has 8 heteroatoms. The van der Waals surface area contributed by atoms with Gasteiger partial charge in [0, 0.05) is 30.3 Å². The number of hydrogen-bond acceptors (Lipinski definition) is 6. The van der Waals surface area contributed by atoms with Crippen molar-refractivity contribution in [2.24, 2.45) is 4.99 Å². The second-order valence-electron chi connectivity index (χ2n) is 6.11. The number of hydrogen-bond donors (Lipinski definition) is 0. The molecule has 0 radical (unpaired) electrons. The number of aryl methyl sites for hydroxylation is 1. The fourth-order valence-corrected chi connectivity index (χ4v) is 4.18. The maximum atomic E-state index is 12.8. The Morgan fingerprint density at radius 2 is 1.71 bits per heavy atom. The Morgan fingerprint density at radius 1 is 1.07 bits per heavy atom.